The summed E-state index contributed by atoms with van der Waals surface area (Å²) < 4.78 is 5.25. The van der Waals surface area contributed by atoms with E-state index in [0.717, 1.165) is 0 Å². The molecular weight excluding hydrogens is 208 g/mol. The van der Waals surface area contributed by atoms with Crippen molar-refractivity contribution < 1.29 is 19.7 Å². The van der Waals surface area contributed by atoms with E-state index in [-0.39, 0.29) is 5.92 Å². The zero-order chi connectivity index (χ0) is 12.1. The van der Waals surface area contributed by atoms with Crippen LogP contribution in [0.2, 0.25) is 0 Å². The van der Waals surface area contributed by atoms with E-state index < -0.39 is 18.2 Å². The van der Waals surface area contributed by atoms with Gasteiger partial charge in [0.2, 0.25) is 6.10 Å². The lowest BCUT2D eigenvalue weighted by Gasteiger charge is -2.23. The maximum absolute atomic E-state index is 11.0. The molecule has 0 radical (unpaired) electrons. The Kier molecular flexibility index (Phi) is 4.31. The van der Waals surface area contributed by atoms with Gasteiger partial charge in [0.25, 0.3) is 0 Å². The molecule has 0 aliphatic heterocycles. The van der Waals surface area contributed by atoms with Crippen molar-refractivity contribution >= 4 is 5.97 Å². The van der Waals surface area contributed by atoms with Crippen LogP contribution in [0.5, 0.6) is 5.75 Å². The molecule has 0 bridgehead atoms. The van der Waals surface area contributed by atoms with Crippen molar-refractivity contribution in [1.29, 1.82) is 0 Å². The molecule has 2 N–H and O–H groups in total. The van der Waals surface area contributed by atoms with Crippen LogP contribution in [0.3, 0.4) is 0 Å². The molecular formula is C12H16O4. The van der Waals surface area contributed by atoms with Gasteiger partial charge >= 0.3 is 5.97 Å². The fourth-order valence-corrected chi connectivity index (χ4v) is 1.26. The average Bonchev–Trinajstić information content (AvgIpc) is 2.26. The molecule has 0 aromatic heterocycles. The lowest BCUT2D eigenvalue weighted by Crippen LogP contribution is -2.42. The molecule has 0 fully saturated rings. The molecule has 0 spiro atoms. The molecule has 4 heteroatoms. The Hall–Kier alpha value is -1.55. The van der Waals surface area contributed by atoms with Gasteiger partial charge in [-0.3, -0.25) is 0 Å². The minimum atomic E-state index is -1.23. The second-order valence-electron chi connectivity index (χ2n) is 3.92. The van der Waals surface area contributed by atoms with Crippen LogP contribution in [0.4, 0.5) is 0 Å². The Morgan fingerprint density at radius 1 is 1.25 bits per heavy atom. The van der Waals surface area contributed by atoms with Crippen LogP contribution < -0.4 is 4.74 Å². The van der Waals surface area contributed by atoms with Crippen LogP contribution >= 0.6 is 0 Å². The quantitative estimate of drug-likeness (QED) is 0.796. The van der Waals surface area contributed by atoms with Crippen LogP contribution in [-0.4, -0.2) is 28.4 Å². The third-order valence-corrected chi connectivity index (χ3v) is 2.24. The third kappa shape index (κ3) is 3.24. The molecule has 0 amide bonds. The number of carbonyl (C=O) groups is 1. The molecule has 0 aliphatic rings. The normalized spacial score (nSPS) is 14.5. The van der Waals surface area contributed by atoms with E-state index in [1.165, 1.54) is 0 Å². The summed E-state index contributed by atoms with van der Waals surface area (Å²) in [4.78, 5) is 11.0. The van der Waals surface area contributed by atoms with Crippen LogP contribution in [0.25, 0.3) is 0 Å². The Labute approximate surface area is 94.5 Å². The number of ether oxygens (including phenoxy) is 1. The molecule has 1 aromatic carbocycles. The molecule has 1 aromatic rings. The van der Waals surface area contributed by atoms with E-state index in [4.69, 9.17) is 9.84 Å². The van der Waals surface area contributed by atoms with E-state index >= 15 is 0 Å². The molecule has 88 valence electrons. The van der Waals surface area contributed by atoms with Crippen molar-refractivity contribution in [2.45, 2.75) is 26.1 Å². The number of aliphatic hydroxyl groups is 1. The van der Waals surface area contributed by atoms with Gasteiger partial charge in [-0.25, -0.2) is 4.79 Å². The van der Waals surface area contributed by atoms with E-state index in [9.17, 15) is 9.90 Å². The zero-order valence-corrected chi connectivity index (χ0v) is 9.33. The van der Waals surface area contributed by atoms with Gasteiger partial charge in [-0.15, -0.1) is 0 Å². The van der Waals surface area contributed by atoms with Crippen LogP contribution in [0, 0.1) is 5.92 Å². The molecule has 0 heterocycles. The minimum Gasteiger partial charge on any atom is -0.478 e. The van der Waals surface area contributed by atoms with Crippen molar-refractivity contribution in [3.8, 4) is 5.75 Å². The summed E-state index contributed by atoms with van der Waals surface area (Å²) in [6, 6.07) is 8.61. The van der Waals surface area contributed by atoms with Gasteiger partial charge in [0, 0.05) is 0 Å². The Morgan fingerprint density at radius 2 is 1.81 bits per heavy atom. The number of rotatable bonds is 5. The van der Waals surface area contributed by atoms with Crippen LogP contribution in [0.1, 0.15) is 13.8 Å². The molecule has 16 heavy (non-hydrogen) atoms. The summed E-state index contributed by atoms with van der Waals surface area (Å²) in [7, 11) is 0. The fraction of sp³-hybridized carbons (Fsp3) is 0.417. The molecule has 0 saturated carbocycles. The van der Waals surface area contributed by atoms with Gasteiger partial charge < -0.3 is 14.9 Å². The summed E-state index contributed by atoms with van der Waals surface area (Å²) in [6.07, 6.45) is -2.26. The summed E-state index contributed by atoms with van der Waals surface area (Å²) in [5.41, 5.74) is 0. The van der Waals surface area contributed by atoms with Crippen molar-refractivity contribution in [1.82, 2.24) is 0 Å². The van der Waals surface area contributed by atoms with E-state index in [1.54, 1.807) is 38.1 Å². The van der Waals surface area contributed by atoms with E-state index in [2.05, 4.69) is 0 Å². The van der Waals surface area contributed by atoms with Gasteiger partial charge in [0.1, 0.15) is 11.9 Å². The van der Waals surface area contributed by atoms with Gasteiger partial charge in [-0.2, -0.15) is 0 Å². The molecule has 4 nitrogen and oxygen atoms in total. The second kappa shape index (κ2) is 5.51. The molecule has 0 aliphatic carbocycles. The number of aliphatic hydroxyl groups excluding tert-OH is 1. The topological polar surface area (TPSA) is 66.8 Å². The van der Waals surface area contributed by atoms with Crippen molar-refractivity contribution in [3.63, 3.8) is 0 Å². The van der Waals surface area contributed by atoms with Crippen molar-refractivity contribution in [2.75, 3.05) is 0 Å². The first-order valence-electron chi connectivity index (χ1n) is 5.15. The highest BCUT2D eigenvalue weighted by atomic mass is 16.5. The van der Waals surface area contributed by atoms with E-state index in [0.29, 0.717) is 5.75 Å². The van der Waals surface area contributed by atoms with E-state index in [1.807, 2.05) is 6.07 Å². The average molecular weight is 224 g/mol. The number of hydrogen-bond acceptors (Lipinski definition) is 3. The summed E-state index contributed by atoms with van der Waals surface area (Å²) in [5, 5.41) is 18.7. The highest BCUT2D eigenvalue weighted by Crippen LogP contribution is 2.16. The molecule has 2 atom stereocenters. The van der Waals surface area contributed by atoms with Crippen LogP contribution in [-0.2, 0) is 4.79 Å². The Morgan fingerprint density at radius 3 is 2.25 bits per heavy atom. The molecule has 2 unspecified atom stereocenters. The minimum absolute atomic E-state index is 0.176. The zero-order valence-electron chi connectivity index (χ0n) is 9.33. The standard InChI is InChI=1S/C12H16O4/c1-8(2)10(13)11(12(14)15)16-9-6-4-3-5-7-9/h3-8,10-11,13H,1-2H3,(H,14,15). The summed E-state index contributed by atoms with van der Waals surface area (Å²) >= 11 is 0. The predicted octanol–water partition coefficient (Wildman–Crippen LogP) is 1.54. The summed E-state index contributed by atoms with van der Waals surface area (Å²) in [6.45, 7) is 3.49. The van der Waals surface area contributed by atoms with Gasteiger partial charge in [0.05, 0.1) is 0 Å². The van der Waals surface area contributed by atoms with Gasteiger partial charge in [-0.1, -0.05) is 32.0 Å². The lowest BCUT2D eigenvalue weighted by atomic mass is 10.0. The SMILES string of the molecule is CC(C)C(O)C(Oc1ccccc1)C(=O)O. The number of aliphatic carboxylic acids is 1. The number of carboxylic acids is 1. The number of para-hydroxylation sites is 1. The molecule has 0 saturated heterocycles. The number of carboxylic acid groups (broad SMARTS) is 1. The largest absolute Gasteiger partial charge is 0.478 e. The smallest absolute Gasteiger partial charge is 0.347 e. The monoisotopic (exact) mass is 224 g/mol. The maximum atomic E-state index is 11.0. The maximum Gasteiger partial charge on any atom is 0.347 e. The molecule has 1 rings (SSSR count). The third-order valence-electron chi connectivity index (χ3n) is 2.24. The Balaban J connectivity index is 2.77. The lowest BCUT2D eigenvalue weighted by molar-refractivity contribution is -0.152. The highest BCUT2D eigenvalue weighted by molar-refractivity contribution is 5.73. The first-order valence-corrected chi connectivity index (χ1v) is 5.15. The van der Waals surface area contributed by atoms with Gasteiger partial charge in [-0.05, 0) is 18.1 Å². The summed E-state index contributed by atoms with van der Waals surface area (Å²) in [5.74, 6) is -0.899. The van der Waals surface area contributed by atoms with Gasteiger partial charge in [0.15, 0.2) is 0 Å². The fourth-order valence-electron chi connectivity index (χ4n) is 1.26. The first-order chi connectivity index (χ1) is 7.52. The van der Waals surface area contributed by atoms with Crippen molar-refractivity contribution in [3.05, 3.63) is 30.3 Å². The Bertz CT molecular complexity index is 334. The van der Waals surface area contributed by atoms with Crippen LogP contribution in [0.15, 0.2) is 30.3 Å². The second-order valence-corrected chi connectivity index (χ2v) is 3.92. The van der Waals surface area contributed by atoms with Crippen molar-refractivity contribution in [2.24, 2.45) is 5.92 Å². The number of benzene rings is 1. The number of hydrogen-bond donors (Lipinski definition) is 2. The predicted molar refractivity (Wildman–Crippen MR) is 59.3 cm³/mol. The first kappa shape index (κ1) is 12.5. The highest BCUT2D eigenvalue weighted by Gasteiger charge is 2.30.